The predicted molar refractivity (Wildman–Crippen MR) is 56.2 cm³/mol. The van der Waals surface area contributed by atoms with Crippen LogP contribution < -0.4 is 4.74 Å². The van der Waals surface area contributed by atoms with E-state index in [9.17, 15) is 4.79 Å². The fourth-order valence-electron chi connectivity index (χ4n) is 0.959. The Morgan fingerprint density at radius 3 is 2.79 bits per heavy atom. The van der Waals surface area contributed by atoms with Crippen molar-refractivity contribution in [3.63, 3.8) is 0 Å². The molecule has 4 heteroatoms. The predicted octanol–water partition coefficient (Wildman–Crippen LogP) is 2.39. The molecule has 0 radical (unpaired) electrons. The molecule has 0 spiro atoms. The van der Waals surface area contributed by atoms with E-state index in [2.05, 4.69) is 20.7 Å². The van der Waals surface area contributed by atoms with Gasteiger partial charge < -0.3 is 9.47 Å². The summed E-state index contributed by atoms with van der Waals surface area (Å²) in [7, 11) is 1.34. The summed E-state index contributed by atoms with van der Waals surface area (Å²) in [5.74, 6) is 0.252. The van der Waals surface area contributed by atoms with Crippen LogP contribution in [0.3, 0.4) is 0 Å². The standard InChI is InChI=1S/C10H11BrO3/c1-7(10(12)13-2)14-9-5-3-4-8(11)6-9/h3-7H,1-2H3. The van der Waals surface area contributed by atoms with Gasteiger partial charge in [0.15, 0.2) is 6.10 Å². The lowest BCUT2D eigenvalue weighted by Crippen LogP contribution is -2.24. The van der Waals surface area contributed by atoms with Crippen molar-refractivity contribution in [3.05, 3.63) is 28.7 Å². The lowest BCUT2D eigenvalue weighted by molar-refractivity contribution is -0.147. The first-order valence-corrected chi connectivity index (χ1v) is 4.93. The number of halogens is 1. The van der Waals surface area contributed by atoms with Crippen LogP contribution in [0, 0.1) is 0 Å². The van der Waals surface area contributed by atoms with E-state index < -0.39 is 6.10 Å². The molecule has 0 saturated carbocycles. The Kier molecular flexibility index (Phi) is 3.95. The van der Waals surface area contributed by atoms with E-state index in [0.717, 1.165) is 4.47 Å². The minimum atomic E-state index is -0.589. The van der Waals surface area contributed by atoms with Gasteiger partial charge in [-0.05, 0) is 25.1 Å². The molecule has 3 nitrogen and oxygen atoms in total. The number of carbonyl (C=O) groups excluding carboxylic acids is 1. The zero-order chi connectivity index (χ0) is 10.6. The highest BCUT2D eigenvalue weighted by Crippen LogP contribution is 2.18. The molecule has 0 aromatic heterocycles. The molecule has 0 bridgehead atoms. The van der Waals surface area contributed by atoms with Crippen molar-refractivity contribution in [2.75, 3.05) is 7.11 Å². The molecule has 1 atom stereocenters. The van der Waals surface area contributed by atoms with Gasteiger partial charge in [-0.2, -0.15) is 0 Å². The van der Waals surface area contributed by atoms with Gasteiger partial charge in [0.2, 0.25) is 0 Å². The minimum absolute atomic E-state index is 0.384. The number of hydrogen-bond acceptors (Lipinski definition) is 3. The van der Waals surface area contributed by atoms with Gasteiger partial charge >= 0.3 is 5.97 Å². The van der Waals surface area contributed by atoms with Crippen LogP contribution in [0.15, 0.2) is 28.7 Å². The van der Waals surface area contributed by atoms with Crippen molar-refractivity contribution in [2.24, 2.45) is 0 Å². The van der Waals surface area contributed by atoms with Crippen LogP contribution in [0.1, 0.15) is 6.92 Å². The van der Waals surface area contributed by atoms with E-state index >= 15 is 0 Å². The van der Waals surface area contributed by atoms with Crippen LogP contribution in [-0.4, -0.2) is 19.2 Å². The fraction of sp³-hybridized carbons (Fsp3) is 0.300. The van der Waals surface area contributed by atoms with E-state index in [-0.39, 0.29) is 5.97 Å². The molecule has 0 aliphatic rings. The summed E-state index contributed by atoms with van der Waals surface area (Å²) in [5.41, 5.74) is 0. The van der Waals surface area contributed by atoms with E-state index in [1.165, 1.54) is 7.11 Å². The number of esters is 1. The number of ether oxygens (including phenoxy) is 2. The van der Waals surface area contributed by atoms with Gasteiger partial charge in [0.05, 0.1) is 7.11 Å². The average molecular weight is 259 g/mol. The van der Waals surface area contributed by atoms with Crippen LogP contribution in [0.2, 0.25) is 0 Å². The summed E-state index contributed by atoms with van der Waals surface area (Å²) in [5, 5.41) is 0. The molecule has 0 N–H and O–H groups in total. The van der Waals surface area contributed by atoms with E-state index in [1.54, 1.807) is 19.1 Å². The van der Waals surface area contributed by atoms with Crippen molar-refractivity contribution in [1.29, 1.82) is 0 Å². The number of carbonyl (C=O) groups is 1. The SMILES string of the molecule is COC(=O)C(C)Oc1cccc(Br)c1. The molecule has 1 aromatic rings. The Balaban J connectivity index is 2.64. The van der Waals surface area contributed by atoms with Gasteiger partial charge in [-0.15, -0.1) is 0 Å². The van der Waals surface area contributed by atoms with E-state index in [4.69, 9.17) is 4.74 Å². The molecule has 14 heavy (non-hydrogen) atoms. The van der Waals surface area contributed by atoms with Gasteiger partial charge in [0.1, 0.15) is 5.75 Å². The molecule has 0 amide bonds. The summed E-state index contributed by atoms with van der Waals surface area (Å²) in [6.45, 7) is 1.65. The van der Waals surface area contributed by atoms with E-state index in [1.807, 2.05) is 12.1 Å². The maximum atomic E-state index is 11.0. The van der Waals surface area contributed by atoms with Crippen molar-refractivity contribution in [3.8, 4) is 5.75 Å². The zero-order valence-electron chi connectivity index (χ0n) is 7.99. The second kappa shape index (κ2) is 5.00. The van der Waals surface area contributed by atoms with Crippen LogP contribution in [-0.2, 0) is 9.53 Å². The number of hydrogen-bond donors (Lipinski definition) is 0. The summed E-state index contributed by atoms with van der Waals surface area (Å²) in [6, 6.07) is 7.29. The van der Waals surface area contributed by atoms with Gasteiger partial charge in [0.25, 0.3) is 0 Å². The smallest absolute Gasteiger partial charge is 0.346 e. The third-order valence-corrected chi connectivity index (χ3v) is 2.14. The van der Waals surface area contributed by atoms with Crippen LogP contribution in [0.25, 0.3) is 0 Å². The molecule has 0 heterocycles. The van der Waals surface area contributed by atoms with Crippen LogP contribution >= 0.6 is 15.9 Å². The maximum absolute atomic E-state index is 11.0. The van der Waals surface area contributed by atoms with Gasteiger partial charge in [-0.3, -0.25) is 0 Å². The van der Waals surface area contributed by atoms with Crippen LogP contribution in [0.5, 0.6) is 5.75 Å². The quantitative estimate of drug-likeness (QED) is 0.782. The number of benzene rings is 1. The first-order chi connectivity index (χ1) is 6.63. The molecule has 1 rings (SSSR count). The molecule has 1 unspecified atom stereocenters. The second-order valence-electron chi connectivity index (χ2n) is 2.74. The van der Waals surface area contributed by atoms with Crippen molar-refractivity contribution in [2.45, 2.75) is 13.0 Å². The lowest BCUT2D eigenvalue weighted by Gasteiger charge is -2.12. The van der Waals surface area contributed by atoms with Crippen LogP contribution in [0.4, 0.5) is 0 Å². The highest BCUT2D eigenvalue weighted by Gasteiger charge is 2.14. The van der Waals surface area contributed by atoms with Crippen molar-refractivity contribution < 1.29 is 14.3 Å². The number of rotatable bonds is 3. The zero-order valence-corrected chi connectivity index (χ0v) is 9.58. The normalized spacial score (nSPS) is 11.9. The highest BCUT2D eigenvalue weighted by atomic mass is 79.9. The number of methoxy groups -OCH3 is 1. The van der Waals surface area contributed by atoms with E-state index in [0.29, 0.717) is 5.75 Å². The Morgan fingerprint density at radius 2 is 2.21 bits per heavy atom. The Labute approximate surface area is 91.1 Å². The van der Waals surface area contributed by atoms with Crippen molar-refractivity contribution >= 4 is 21.9 Å². The minimum Gasteiger partial charge on any atom is -0.479 e. The molecule has 0 saturated heterocycles. The Hall–Kier alpha value is -1.03. The third-order valence-electron chi connectivity index (χ3n) is 1.64. The maximum Gasteiger partial charge on any atom is 0.346 e. The monoisotopic (exact) mass is 258 g/mol. The van der Waals surface area contributed by atoms with Gasteiger partial charge in [-0.25, -0.2) is 4.79 Å². The molecule has 76 valence electrons. The summed E-state index contributed by atoms with van der Waals surface area (Å²) < 4.78 is 10.8. The van der Waals surface area contributed by atoms with Gasteiger partial charge in [0, 0.05) is 4.47 Å². The first kappa shape index (κ1) is 11.0. The Bertz CT molecular complexity index is 325. The highest BCUT2D eigenvalue weighted by molar-refractivity contribution is 9.10. The first-order valence-electron chi connectivity index (χ1n) is 4.13. The summed E-state index contributed by atoms with van der Waals surface area (Å²) in [4.78, 5) is 11.0. The van der Waals surface area contributed by atoms with Crippen molar-refractivity contribution in [1.82, 2.24) is 0 Å². The largest absolute Gasteiger partial charge is 0.479 e. The molecular weight excluding hydrogens is 248 g/mol. The molecule has 0 aliphatic carbocycles. The average Bonchev–Trinajstić information content (AvgIpc) is 2.16. The fourth-order valence-corrected chi connectivity index (χ4v) is 1.34. The molecule has 0 fully saturated rings. The topological polar surface area (TPSA) is 35.5 Å². The Morgan fingerprint density at radius 1 is 1.50 bits per heavy atom. The molecule has 1 aromatic carbocycles. The second-order valence-corrected chi connectivity index (χ2v) is 3.66. The summed E-state index contributed by atoms with van der Waals surface area (Å²) in [6.07, 6.45) is -0.589. The van der Waals surface area contributed by atoms with Gasteiger partial charge in [-0.1, -0.05) is 22.0 Å². The summed E-state index contributed by atoms with van der Waals surface area (Å²) >= 11 is 3.31. The third kappa shape index (κ3) is 3.03. The molecular formula is C10H11BrO3. The molecule has 0 aliphatic heterocycles. The lowest BCUT2D eigenvalue weighted by atomic mass is 10.3.